The van der Waals surface area contributed by atoms with Crippen LogP contribution in [0.15, 0.2) is 48.9 Å². The SMILES string of the molecule is C[C@H]1CN(c2ccc(CF)cc2)C(=O)c2c(NC(=O)c3cncc(F)c3)cnn21. The molecule has 2 aromatic heterocycles. The number of alkyl halides is 1. The summed E-state index contributed by atoms with van der Waals surface area (Å²) in [4.78, 5) is 30.8. The zero-order valence-electron chi connectivity index (χ0n) is 15.5. The molecule has 0 unspecified atom stereocenters. The van der Waals surface area contributed by atoms with E-state index in [0.29, 0.717) is 17.8 Å². The first-order chi connectivity index (χ1) is 14.0. The molecule has 9 heteroatoms. The van der Waals surface area contributed by atoms with Crippen molar-refractivity contribution in [2.45, 2.75) is 19.6 Å². The zero-order valence-corrected chi connectivity index (χ0v) is 15.5. The van der Waals surface area contributed by atoms with Gasteiger partial charge in [0.05, 0.1) is 29.7 Å². The quantitative estimate of drug-likeness (QED) is 0.732. The summed E-state index contributed by atoms with van der Waals surface area (Å²) in [5, 5.41) is 6.83. The molecule has 3 heterocycles. The molecule has 1 aromatic carbocycles. The lowest BCUT2D eigenvalue weighted by Crippen LogP contribution is -2.43. The lowest BCUT2D eigenvalue weighted by Gasteiger charge is -2.32. The van der Waals surface area contributed by atoms with Crippen molar-refractivity contribution in [2.75, 3.05) is 16.8 Å². The molecule has 2 amide bonds. The molecule has 0 aliphatic carbocycles. The molecule has 3 aromatic rings. The van der Waals surface area contributed by atoms with Crippen molar-refractivity contribution in [1.29, 1.82) is 0 Å². The molecule has 0 radical (unpaired) electrons. The molecule has 4 rings (SSSR count). The Morgan fingerprint density at radius 2 is 2.00 bits per heavy atom. The number of aromatic nitrogens is 3. The fourth-order valence-corrected chi connectivity index (χ4v) is 3.27. The smallest absolute Gasteiger partial charge is 0.278 e. The van der Waals surface area contributed by atoms with Gasteiger partial charge < -0.3 is 10.2 Å². The maximum atomic E-state index is 13.3. The summed E-state index contributed by atoms with van der Waals surface area (Å²) < 4.78 is 27.7. The van der Waals surface area contributed by atoms with E-state index in [2.05, 4.69) is 15.4 Å². The van der Waals surface area contributed by atoms with E-state index in [0.717, 1.165) is 12.3 Å². The Morgan fingerprint density at radius 3 is 2.69 bits per heavy atom. The monoisotopic (exact) mass is 397 g/mol. The molecule has 7 nitrogen and oxygen atoms in total. The predicted molar refractivity (Wildman–Crippen MR) is 102 cm³/mol. The summed E-state index contributed by atoms with van der Waals surface area (Å²) >= 11 is 0. The molecule has 0 fully saturated rings. The zero-order chi connectivity index (χ0) is 20.5. The van der Waals surface area contributed by atoms with E-state index in [1.54, 1.807) is 33.8 Å². The van der Waals surface area contributed by atoms with E-state index in [-0.39, 0.29) is 28.9 Å². The van der Waals surface area contributed by atoms with Gasteiger partial charge in [0.1, 0.15) is 12.5 Å². The Labute approximate surface area is 165 Å². The summed E-state index contributed by atoms with van der Waals surface area (Å²) in [6, 6.07) is 7.52. The van der Waals surface area contributed by atoms with Gasteiger partial charge in [0.25, 0.3) is 11.8 Å². The van der Waals surface area contributed by atoms with Gasteiger partial charge in [-0.1, -0.05) is 12.1 Å². The van der Waals surface area contributed by atoms with Crippen LogP contribution in [0.25, 0.3) is 0 Å². The van der Waals surface area contributed by atoms with Gasteiger partial charge in [0.15, 0.2) is 5.69 Å². The highest BCUT2D eigenvalue weighted by Crippen LogP contribution is 2.30. The van der Waals surface area contributed by atoms with Crippen molar-refractivity contribution in [1.82, 2.24) is 14.8 Å². The highest BCUT2D eigenvalue weighted by molar-refractivity contribution is 6.13. The van der Waals surface area contributed by atoms with Gasteiger partial charge in [-0.25, -0.2) is 8.78 Å². The van der Waals surface area contributed by atoms with Crippen LogP contribution in [0.2, 0.25) is 0 Å². The Balaban J connectivity index is 1.64. The number of amides is 2. The van der Waals surface area contributed by atoms with Gasteiger partial charge in [-0.05, 0) is 30.7 Å². The molecular weight excluding hydrogens is 380 g/mol. The third-order valence-corrected chi connectivity index (χ3v) is 4.73. The van der Waals surface area contributed by atoms with Crippen molar-refractivity contribution in [2.24, 2.45) is 0 Å². The van der Waals surface area contributed by atoms with Crippen molar-refractivity contribution in [3.8, 4) is 0 Å². The molecule has 1 aliphatic heterocycles. The maximum absolute atomic E-state index is 13.3. The lowest BCUT2D eigenvalue weighted by molar-refractivity contribution is 0.0954. The van der Waals surface area contributed by atoms with E-state index in [9.17, 15) is 18.4 Å². The van der Waals surface area contributed by atoms with E-state index < -0.39 is 18.4 Å². The number of nitrogens with zero attached hydrogens (tertiary/aromatic N) is 4. The average Bonchev–Trinajstić information content (AvgIpc) is 3.15. The minimum Gasteiger partial charge on any atom is -0.319 e. The van der Waals surface area contributed by atoms with Crippen molar-refractivity contribution in [3.63, 3.8) is 0 Å². The molecule has 1 N–H and O–H groups in total. The van der Waals surface area contributed by atoms with Gasteiger partial charge in [-0.3, -0.25) is 19.3 Å². The summed E-state index contributed by atoms with van der Waals surface area (Å²) in [6.45, 7) is 1.69. The minimum absolute atomic E-state index is 0.0277. The summed E-state index contributed by atoms with van der Waals surface area (Å²) in [5.74, 6) is -1.58. The number of hydrogen-bond acceptors (Lipinski definition) is 4. The fourth-order valence-electron chi connectivity index (χ4n) is 3.27. The topological polar surface area (TPSA) is 80.1 Å². The standard InChI is InChI=1S/C20H17F2N5O2/c1-12-11-26(16-4-2-13(7-21)3-5-16)20(29)18-17(10-24-27(12)18)25-19(28)14-6-15(22)9-23-8-14/h2-6,8-10,12H,7,11H2,1H3,(H,25,28)/t12-/m0/s1. The number of rotatable bonds is 4. The molecule has 0 saturated heterocycles. The maximum Gasteiger partial charge on any atom is 0.278 e. The van der Waals surface area contributed by atoms with Crippen LogP contribution >= 0.6 is 0 Å². The van der Waals surface area contributed by atoms with Crippen molar-refractivity contribution < 1.29 is 18.4 Å². The van der Waals surface area contributed by atoms with Gasteiger partial charge in [-0.2, -0.15) is 5.10 Å². The van der Waals surface area contributed by atoms with Crippen LogP contribution in [-0.4, -0.2) is 33.1 Å². The van der Waals surface area contributed by atoms with Crippen LogP contribution in [0.1, 0.15) is 39.4 Å². The first kappa shape index (κ1) is 18.7. The van der Waals surface area contributed by atoms with Crippen LogP contribution < -0.4 is 10.2 Å². The molecule has 1 aliphatic rings. The molecule has 1 atom stereocenters. The largest absolute Gasteiger partial charge is 0.319 e. The minimum atomic E-state index is -0.637. The van der Waals surface area contributed by atoms with Crippen LogP contribution in [0, 0.1) is 5.82 Å². The molecule has 29 heavy (non-hydrogen) atoms. The number of fused-ring (bicyclic) bond motifs is 1. The Morgan fingerprint density at radius 1 is 1.24 bits per heavy atom. The molecule has 0 saturated carbocycles. The number of halogens is 2. The number of benzene rings is 1. The Hall–Kier alpha value is -3.62. The van der Waals surface area contributed by atoms with E-state index in [4.69, 9.17) is 0 Å². The average molecular weight is 397 g/mol. The Kier molecular flexibility index (Phi) is 4.79. The lowest BCUT2D eigenvalue weighted by atomic mass is 10.1. The second kappa shape index (κ2) is 7.42. The van der Waals surface area contributed by atoms with E-state index in [1.165, 1.54) is 12.4 Å². The normalized spacial score (nSPS) is 15.9. The number of carbonyl (C=O) groups is 2. The summed E-state index contributed by atoms with van der Waals surface area (Å²) in [5.41, 5.74) is 1.61. The van der Waals surface area contributed by atoms with Crippen LogP contribution in [0.4, 0.5) is 20.2 Å². The van der Waals surface area contributed by atoms with Crippen molar-refractivity contribution in [3.05, 3.63) is 71.6 Å². The fraction of sp³-hybridized carbons (Fsp3) is 0.200. The first-order valence-corrected chi connectivity index (χ1v) is 8.94. The number of hydrogen-bond donors (Lipinski definition) is 1. The number of pyridine rings is 1. The van der Waals surface area contributed by atoms with Crippen LogP contribution in [0.5, 0.6) is 0 Å². The molecule has 0 bridgehead atoms. The second-order valence-electron chi connectivity index (χ2n) is 6.76. The highest BCUT2D eigenvalue weighted by atomic mass is 19.1. The van der Waals surface area contributed by atoms with E-state index in [1.807, 2.05) is 6.92 Å². The van der Waals surface area contributed by atoms with Gasteiger partial charge in [0, 0.05) is 18.4 Å². The van der Waals surface area contributed by atoms with Gasteiger partial charge in [-0.15, -0.1) is 0 Å². The highest BCUT2D eigenvalue weighted by Gasteiger charge is 2.34. The molecular formula is C20H17F2N5O2. The van der Waals surface area contributed by atoms with Gasteiger partial charge in [0.2, 0.25) is 0 Å². The van der Waals surface area contributed by atoms with Gasteiger partial charge >= 0.3 is 0 Å². The number of nitrogens with one attached hydrogen (secondary N) is 1. The third-order valence-electron chi connectivity index (χ3n) is 4.73. The summed E-state index contributed by atoms with van der Waals surface area (Å²) in [6.07, 6.45) is 3.62. The Bertz CT molecular complexity index is 1080. The van der Waals surface area contributed by atoms with Crippen LogP contribution in [0.3, 0.4) is 0 Å². The predicted octanol–water partition coefficient (Wildman–Crippen LogP) is 3.36. The van der Waals surface area contributed by atoms with Crippen LogP contribution in [-0.2, 0) is 6.67 Å². The summed E-state index contributed by atoms with van der Waals surface area (Å²) in [7, 11) is 0. The number of carbonyl (C=O) groups excluding carboxylic acids is 2. The molecule has 148 valence electrons. The first-order valence-electron chi connectivity index (χ1n) is 8.94. The number of anilines is 2. The molecule has 0 spiro atoms. The second-order valence-corrected chi connectivity index (χ2v) is 6.76. The van der Waals surface area contributed by atoms with Crippen molar-refractivity contribution >= 4 is 23.2 Å². The third kappa shape index (κ3) is 3.46. The van der Waals surface area contributed by atoms with E-state index >= 15 is 0 Å².